The molecule has 134 valence electrons. The first kappa shape index (κ1) is 18.7. The average Bonchev–Trinajstić information content (AvgIpc) is 2.64. The van der Waals surface area contributed by atoms with Gasteiger partial charge in [0.2, 0.25) is 0 Å². The van der Waals surface area contributed by atoms with Crippen molar-refractivity contribution < 1.29 is 19.1 Å². The minimum absolute atomic E-state index is 0.378. The van der Waals surface area contributed by atoms with Gasteiger partial charge in [0.1, 0.15) is 0 Å². The molecule has 2 rings (SSSR count). The molecule has 0 saturated heterocycles. The molecule has 0 saturated carbocycles. The zero-order chi connectivity index (χ0) is 18.6. The average molecular weight is 344 g/mol. The summed E-state index contributed by atoms with van der Waals surface area (Å²) in [5.41, 5.74) is 3.62. The van der Waals surface area contributed by atoms with Gasteiger partial charge in [0.15, 0.2) is 0 Å². The van der Waals surface area contributed by atoms with Crippen LogP contribution >= 0.6 is 0 Å². The van der Waals surface area contributed by atoms with Gasteiger partial charge in [0.05, 0.1) is 25.4 Å². The summed E-state index contributed by atoms with van der Waals surface area (Å²) < 4.78 is 9.95. The number of nitrogens with zero attached hydrogens (tertiary/aromatic N) is 2. The number of esters is 2. The van der Waals surface area contributed by atoms with Crippen LogP contribution in [0, 0.1) is 5.92 Å². The van der Waals surface area contributed by atoms with Crippen LogP contribution in [0.5, 0.6) is 0 Å². The van der Waals surface area contributed by atoms with Gasteiger partial charge in [-0.15, -0.1) is 0 Å². The van der Waals surface area contributed by atoms with E-state index in [2.05, 4.69) is 4.98 Å². The summed E-state index contributed by atoms with van der Waals surface area (Å²) in [5, 5.41) is 0. The third-order valence-electron chi connectivity index (χ3n) is 4.74. The van der Waals surface area contributed by atoms with Crippen LogP contribution in [0.2, 0.25) is 0 Å². The maximum absolute atomic E-state index is 12.4. The van der Waals surface area contributed by atoms with E-state index in [1.54, 1.807) is 12.4 Å². The number of pyridine rings is 1. The Morgan fingerprint density at radius 1 is 1.12 bits per heavy atom. The number of hydrogen-bond acceptors (Lipinski definition) is 6. The summed E-state index contributed by atoms with van der Waals surface area (Å²) in [6.07, 6.45) is 4.78. The molecule has 0 bridgehead atoms. The Labute approximate surface area is 148 Å². The first-order chi connectivity index (χ1) is 11.9. The molecule has 0 atom stereocenters. The fourth-order valence-corrected chi connectivity index (χ4v) is 3.21. The number of rotatable bonds is 5. The summed E-state index contributed by atoms with van der Waals surface area (Å²) in [5.74, 6) is -1.22. The van der Waals surface area contributed by atoms with Gasteiger partial charge in [0, 0.05) is 36.8 Å². The van der Waals surface area contributed by atoms with E-state index in [4.69, 9.17) is 9.47 Å². The lowest BCUT2D eigenvalue weighted by molar-refractivity contribution is -0.138. The molecular formula is C19H24N2O4. The second-order valence-electron chi connectivity index (χ2n) is 5.99. The van der Waals surface area contributed by atoms with Gasteiger partial charge in [-0.1, -0.05) is 6.07 Å². The predicted molar refractivity (Wildman–Crippen MR) is 93.2 cm³/mol. The van der Waals surface area contributed by atoms with Crippen molar-refractivity contribution >= 4 is 11.9 Å². The van der Waals surface area contributed by atoms with Crippen LogP contribution in [0.3, 0.4) is 0 Å². The van der Waals surface area contributed by atoms with E-state index >= 15 is 0 Å². The largest absolute Gasteiger partial charge is 0.466 e. The van der Waals surface area contributed by atoms with Crippen molar-refractivity contribution in [1.29, 1.82) is 0 Å². The summed E-state index contributed by atoms with van der Waals surface area (Å²) in [6, 6.07) is 3.85. The lowest BCUT2D eigenvalue weighted by Gasteiger charge is -2.35. The minimum atomic E-state index is -0.422. The fraction of sp³-hybridized carbons (Fsp3) is 0.421. The van der Waals surface area contributed by atoms with E-state index in [1.165, 1.54) is 14.2 Å². The highest BCUT2D eigenvalue weighted by molar-refractivity contribution is 5.97. The first-order valence-corrected chi connectivity index (χ1v) is 8.13. The Hall–Kier alpha value is -2.63. The third-order valence-corrected chi connectivity index (χ3v) is 4.74. The molecule has 0 radical (unpaired) electrons. The molecule has 0 unspecified atom stereocenters. The maximum Gasteiger partial charge on any atom is 0.336 e. The van der Waals surface area contributed by atoms with Crippen molar-refractivity contribution in [3.8, 4) is 0 Å². The standard InChI is InChI=1S/C19H24N2O4/c1-12-16(18(22)24-4)15(9-8-14-7-6-10-20-11-14)17(19(23)25-5)13(2)21(12)3/h6-7,10-11,15H,8-9H2,1-5H3. The number of hydrogen-bond donors (Lipinski definition) is 0. The normalized spacial score (nSPS) is 15.5. The van der Waals surface area contributed by atoms with E-state index in [-0.39, 0.29) is 5.92 Å². The summed E-state index contributed by atoms with van der Waals surface area (Å²) in [4.78, 5) is 30.8. The van der Waals surface area contributed by atoms with Crippen LogP contribution in [0.4, 0.5) is 0 Å². The monoisotopic (exact) mass is 344 g/mol. The number of methoxy groups -OCH3 is 2. The molecule has 0 fully saturated rings. The van der Waals surface area contributed by atoms with Crippen molar-refractivity contribution in [3.05, 3.63) is 52.6 Å². The van der Waals surface area contributed by atoms with Gasteiger partial charge < -0.3 is 14.4 Å². The summed E-state index contributed by atoms with van der Waals surface area (Å²) in [7, 11) is 4.53. The predicted octanol–water partition coefficient (Wildman–Crippen LogP) is 2.47. The molecule has 25 heavy (non-hydrogen) atoms. The molecule has 1 aliphatic heterocycles. The highest BCUT2D eigenvalue weighted by Gasteiger charge is 2.37. The quantitative estimate of drug-likeness (QED) is 0.765. The van der Waals surface area contributed by atoms with Gasteiger partial charge in [-0.05, 0) is 38.3 Å². The van der Waals surface area contributed by atoms with Crippen LogP contribution in [0.15, 0.2) is 47.1 Å². The van der Waals surface area contributed by atoms with E-state index in [9.17, 15) is 9.59 Å². The van der Waals surface area contributed by atoms with Gasteiger partial charge in [-0.2, -0.15) is 0 Å². The molecule has 1 aliphatic rings. The van der Waals surface area contributed by atoms with Crippen LogP contribution in [0.1, 0.15) is 25.8 Å². The minimum Gasteiger partial charge on any atom is -0.466 e. The van der Waals surface area contributed by atoms with E-state index < -0.39 is 11.9 Å². The Morgan fingerprint density at radius 3 is 2.12 bits per heavy atom. The Morgan fingerprint density at radius 2 is 1.68 bits per heavy atom. The van der Waals surface area contributed by atoms with Crippen LogP contribution in [-0.2, 0) is 25.5 Å². The highest BCUT2D eigenvalue weighted by Crippen LogP contribution is 2.38. The number of ether oxygens (including phenoxy) is 2. The number of aromatic nitrogens is 1. The molecule has 2 heterocycles. The molecule has 1 aromatic rings. The summed E-state index contributed by atoms with van der Waals surface area (Å²) >= 11 is 0. The highest BCUT2D eigenvalue weighted by atomic mass is 16.5. The Kier molecular flexibility index (Phi) is 5.96. The molecule has 0 spiro atoms. The topological polar surface area (TPSA) is 68.7 Å². The van der Waals surface area contributed by atoms with Crippen molar-refractivity contribution in [1.82, 2.24) is 9.88 Å². The Balaban J connectivity index is 2.45. The van der Waals surface area contributed by atoms with Crippen LogP contribution in [0.25, 0.3) is 0 Å². The fourth-order valence-electron chi connectivity index (χ4n) is 3.21. The zero-order valence-corrected chi connectivity index (χ0v) is 15.3. The molecule has 0 aliphatic carbocycles. The van der Waals surface area contributed by atoms with Crippen molar-refractivity contribution in [2.45, 2.75) is 26.7 Å². The van der Waals surface area contributed by atoms with Gasteiger partial charge in [0.25, 0.3) is 0 Å². The molecule has 0 N–H and O–H groups in total. The van der Waals surface area contributed by atoms with Gasteiger partial charge in [-0.25, -0.2) is 9.59 Å². The first-order valence-electron chi connectivity index (χ1n) is 8.13. The molecule has 6 heteroatoms. The van der Waals surface area contributed by atoms with E-state index in [1.807, 2.05) is 37.9 Å². The van der Waals surface area contributed by atoms with Crippen LogP contribution in [-0.4, -0.2) is 43.1 Å². The third kappa shape index (κ3) is 3.73. The SMILES string of the molecule is COC(=O)C1=C(C)N(C)C(C)=C(C(=O)OC)C1CCc1cccnc1. The van der Waals surface area contributed by atoms with Crippen molar-refractivity contribution in [2.24, 2.45) is 5.92 Å². The van der Waals surface area contributed by atoms with Crippen molar-refractivity contribution in [3.63, 3.8) is 0 Å². The molecular weight excluding hydrogens is 320 g/mol. The molecule has 6 nitrogen and oxygen atoms in total. The zero-order valence-electron chi connectivity index (χ0n) is 15.3. The van der Waals surface area contributed by atoms with E-state index in [0.29, 0.717) is 24.0 Å². The molecule has 1 aromatic heterocycles. The second kappa shape index (κ2) is 7.96. The number of allylic oxidation sites excluding steroid dienone is 2. The number of carbonyl (C=O) groups excluding carboxylic acids is 2. The maximum atomic E-state index is 12.4. The van der Waals surface area contributed by atoms with Gasteiger partial charge in [-0.3, -0.25) is 4.98 Å². The smallest absolute Gasteiger partial charge is 0.336 e. The van der Waals surface area contributed by atoms with E-state index in [0.717, 1.165) is 17.0 Å². The lowest BCUT2D eigenvalue weighted by Crippen LogP contribution is -2.34. The van der Waals surface area contributed by atoms with Crippen LogP contribution < -0.4 is 0 Å². The molecule has 0 amide bonds. The lowest BCUT2D eigenvalue weighted by atomic mass is 9.81. The van der Waals surface area contributed by atoms with Crippen molar-refractivity contribution in [2.75, 3.05) is 21.3 Å². The number of aryl methyl sites for hydroxylation is 1. The van der Waals surface area contributed by atoms with Gasteiger partial charge >= 0.3 is 11.9 Å². The molecule has 0 aromatic carbocycles. The second-order valence-corrected chi connectivity index (χ2v) is 5.99. The number of carbonyl (C=O) groups is 2. The Bertz CT molecular complexity index is 682. The summed E-state index contributed by atoms with van der Waals surface area (Å²) in [6.45, 7) is 3.72.